The zero-order chi connectivity index (χ0) is 18.8. The van der Waals surface area contributed by atoms with Crippen LogP contribution in [0.2, 0.25) is 0 Å². The number of ether oxygens (including phenoxy) is 1. The second kappa shape index (κ2) is 7.37. The summed E-state index contributed by atoms with van der Waals surface area (Å²) in [6.07, 6.45) is 0. The molecule has 0 unspecified atom stereocenters. The summed E-state index contributed by atoms with van der Waals surface area (Å²) in [5.41, 5.74) is 3.68. The standard InChI is InChI=1S/C19H23NO4S/c1-13-6-10-17(11-7-13)25(22,23)20(5)12-18(21)24-19-15(3)9-8-14(2)16(19)4/h6-11H,12H2,1-5H3. The number of rotatable bonds is 5. The molecule has 134 valence electrons. The van der Waals surface area contributed by atoms with E-state index in [4.69, 9.17) is 4.74 Å². The number of carbonyl (C=O) groups is 1. The van der Waals surface area contributed by atoms with E-state index < -0.39 is 16.0 Å². The molecule has 0 saturated carbocycles. The third kappa shape index (κ3) is 4.27. The summed E-state index contributed by atoms with van der Waals surface area (Å²) in [5.74, 6) is -0.124. The van der Waals surface area contributed by atoms with Gasteiger partial charge < -0.3 is 4.74 Å². The highest BCUT2D eigenvalue weighted by molar-refractivity contribution is 7.89. The molecule has 0 aliphatic heterocycles. The van der Waals surface area contributed by atoms with Crippen molar-refractivity contribution in [1.82, 2.24) is 4.31 Å². The van der Waals surface area contributed by atoms with Gasteiger partial charge in [-0.25, -0.2) is 8.42 Å². The lowest BCUT2D eigenvalue weighted by molar-refractivity contribution is -0.134. The molecule has 0 amide bonds. The number of likely N-dealkylation sites (N-methyl/N-ethyl adjacent to an activating group) is 1. The van der Waals surface area contributed by atoms with Gasteiger partial charge in [0.1, 0.15) is 12.3 Å². The molecule has 0 heterocycles. The Hall–Kier alpha value is -2.18. The number of nitrogens with zero attached hydrogens (tertiary/aromatic N) is 1. The average molecular weight is 361 g/mol. The van der Waals surface area contributed by atoms with E-state index in [0.29, 0.717) is 5.75 Å². The first-order chi connectivity index (χ1) is 11.6. The lowest BCUT2D eigenvalue weighted by Crippen LogP contribution is -2.34. The molecule has 0 aliphatic rings. The summed E-state index contributed by atoms with van der Waals surface area (Å²) in [5, 5.41) is 0. The van der Waals surface area contributed by atoms with Crippen LogP contribution < -0.4 is 4.74 Å². The topological polar surface area (TPSA) is 63.7 Å². The van der Waals surface area contributed by atoms with Crippen LogP contribution in [0.3, 0.4) is 0 Å². The fraction of sp³-hybridized carbons (Fsp3) is 0.316. The van der Waals surface area contributed by atoms with Crippen molar-refractivity contribution in [2.75, 3.05) is 13.6 Å². The Morgan fingerprint density at radius 1 is 0.960 bits per heavy atom. The fourth-order valence-corrected chi connectivity index (χ4v) is 3.50. The highest BCUT2D eigenvalue weighted by Crippen LogP contribution is 2.26. The predicted octanol–water partition coefficient (Wildman–Crippen LogP) is 3.15. The monoisotopic (exact) mass is 361 g/mol. The van der Waals surface area contributed by atoms with Crippen LogP contribution in [0.15, 0.2) is 41.3 Å². The molecule has 0 bridgehead atoms. The van der Waals surface area contributed by atoms with Crippen molar-refractivity contribution in [3.63, 3.8) is 0 Å². The van der Waals surface area contributed by atoms with Gasteiger partial charge in [-0.15, -0.1) is 0 Å². The second-order valence-corrected chi connectivity index (χ2v) is 8.25. The number of hydrogen-bond donors (Lipinski definition) is 0. The van der Waals surface area contributed by atoms with Crippen molar-refractivity contribution >= 4 is 16.0 Å². The lowest BCUT2D eigenvalue weighted by Gasteiger charge is -2.18. The minimum absolute atomic E-state index is 0.149. The Morgan fingerprint density at radius 2 is 1.52 bits per heavy atom. The number of hydrogen-bond acceptors (Lipinski definition) is 4. The SMILES string of the molecule is Cc1ccc(S(=O)(=O)N(C)CC(=O)Oc2c(C)ccc(C)c2C)cc1. The minimum Gasteiger partial charge on any atom is -0.425 e. The Morgan fingerprint density at radius 3 is 2.12 bits per heavy atom. The van der Waals surface area contributed by atoms with E-state index >= 15 is 0 Å². The average Bonchev–Trinajstić information content (AvgIpc) is 2.55. The zero-order valence-electron chi connectivity index (χ0n) is 15.2. The molecule has 2 aromatic carbocycles. The smallest absolute Gasteiger partial charge is 0.326 e. The number of sulfonamides is 1. The van der Waals surface area contributed by atoms with Crippen molar-refractivity contribution in [3.8, 4) is 5.75 Å². The van der Waals surface area contributed by atoms with Gasteiger partial charge in [0.05, 0.1) is 4.90 Å². The number of aryl methyl sites for hydroxylation is 3. The molecular formula is C19H23NO4S. The molecule has 0 N–H and O–H groups in total. The number of esters is 1. The van der Waals surface area contributed by atoms with E-state index in [-0.39, 0.29) is 11.4 Å². The summed E-state index contributed by atoms with van der Waals surface area (Å²) < 4.78 is 31.5. The molecule has 2 aromatic rings. The van der Waals surface area contributed by atoms with Crippen LogP contribution in [0.4, 0.5) is 0 Å². The maximum Gasteiger partial charge on any atom is 0.326 e. The fourth-order valence-electron chi connectivity index (χ4n) is 2.39. The Bertz CT molecular complexity index is 886. The largest absolute Gasteiger partial charge is 0.425 e. The summed E-state index contributed by atoms with van der Waals surface area (Å²) in [6, 6.07) is 10.3. The van der Waals surface area contributed by atoms with Crippen molar-refractivity contribution in [2.45, 2.75) is 32.6 Å². The van der Waals surface area contributed by atoms with E-state index in [9.17, 15) is 13.2 Å². The van der Waals surface area contributed by atoms with E-state index in [1.807, 2.05) is 39.8 Å². The molecule has 5 nitrogen and oxygen atoms in total. The van der Waals surface area contributed by atoms with Crippen LogP contribution in [-0.4, -0.2) is 32.3 Å². The first-order valence-electron chi connectivity index (χ1n) is 7.93. The van der Waals surface area contributed by atoms with Crippen molar-refractivity contribution in [1.29, 1.82) is 0 Å². The first kappa shape index (κ1) is 19.1. The van der Waals surface area contributed by atoms with Crippen LogP contribution in [0.1, 0.15) is 22.3 Å². The molecule has 25 heavy (non-hydrogen) atoms. The maximum absolute atomic E-state index is 12.5. The van der Waals surface area contributed by atoms with Gasteiger partial charge in [-0.1, -0.05) is 29.8 Å². The van der Waals surface area contributed by atoms with E-state index in [2.05, 4.69) is 0 Å². The van der Waals surface area contributed by atoms with E-state index in [0.717, 1.165) is 26.6 Å². The molecule has 0 radical (unpaired) electrons. The maximum atomic E-state index is 12.5. The normalized spacial score (nSPS) is 11.6. The van der Waals surface area contributed by atoms with Gasteiger partial charge in [0.25, 0.3) is 0 Å². The Balaban J connectivity index is 2.15. The van der Waals surface area contributed by atoms with Gasteiger partial charge in [0.2, 0.25) is 10.0 Å². The molecule has 0 spiro atoms. The van der Waals surface area contributed by atoms with Crippen LogP contribution >= 0.6 is 0 Å². The van der Waals surface area contributed by atoms with Crippen molar-refractivity contribution < 1.29 is 17.9 Å². The van der Waals surface area contributed by atoms with Crippen LogP contribution in [-0.2, 0) is 14.8 Å². The minimum atomic E-state index is -3.74. The van der Waals surface area contributed by atoms with E-state index in [1.54, 1.807) is 12.1 Å². The summed E-state index contributed by atoms with van der Waals surface area (Å²) >= 11 is 0. The molecule has 0 atom stereocenters. The summed E-state index contributed by atoms with van der Waals surface area (Å²) in [7, 11) is -2.37. The van der Waals surface area contributed by atoms with Gasteiger partial charge in [0.15, 0.2) is 0 Å². The van der Waals surface area contributed by atoms with E-state index in [1.165, 1.54) is 19.2 Å². The molecule has 0 aliphatic carbocycles. The highest BCUT2D eigenvalue weighted by Gasteiger charge is 2.24. The Kier molecular flexibility index (Phi) is 5.65. The molecule has 0 saturated heterocycles. The van der Waals surface area contributed by atoms with Crippen LogP contribution in [0, 0.1) is 27.7 Å². The van der Waals surface area contributed by atoms with Crippen LogP contribution in [0.25, 0.3) is 0 Å². The quantitative estimate of drug-likeness (QED) is 0.606. The van der Waals surface area contributed by atoms with Crippen LogP contribution in [0.5, 0.6) is 5.75 Å². The summed E-state index contributed by atoms with van der Waals surface area (Å²) in [4.78, 5) is 12.4. The van der Waals surface area contributed by atoms with Gasteiger partial charge in [-0.2, -0.15) is 4.31 Å². The van der Waals surface area contributed by atoms with Crippen molar-refractivity contribution in [2.24, 2.45) is 0 Å². The van der Waals surface area contributed by atoms with Gasteiger partial charge in [0, 0.05) is 7.05 Å². The Labute approximate surface area is 149 Å². The predicted molar refractivity (Wildman–Crippen MR) is 97.3 cm³/mol. The molecule has 0 fully saturated rings. The first-order valence-corrected chi connectivity index (χ1v) is 9.37. The third-order valence-electron chi connectivity index (χ3n) is 4.17. The molecule has 2 rings (SSSR count). The number of benzene rings is 2. The third-order valence-corrected chi connectivity index (χ3v) is 5.99. The van der Waals surface area contributed by atoms with Gasteiger partial charge in [-0.3, -0.25) is 4.79 Å². The second-order valence-electron chi connectivity index (χ2n) is 6.20. The zero-order valence-corrected chi connectivity index (χ0v) is 16.0. The molecular weight excluding hydrogens is 338 g/mol. The molecule has 6 heteroatoms. The molecule has 0 aromatic heterocycles. The highest BCUT2D eigenvalue weighted by atomic mass is 32.2. The van der Waals surface area contributed by atoms with Gasteiger partial charge >= 0.3 is 5.97 Å². The lowest BCUT2D eigenvalue weighted by atomic mass is 10.1. The van der Waals surface area contributed by atoms with Gasteiger partial charge in [-0.05, 0) is 56.5 Å². The van der Waals surface area contributed by atoms with Crippen molar-refractivity contribution in [3.05, 3.63) is 58.7 Å². The summed E-state index contributed by atoms with van der Waals surface area (Å²) in [6.45, 7) is 7.17. The number of carbonyl (C=O) groups excluding carboxylic acids is 1.